The summed E-state index contributed by atoms with van der Waals surface area (Å²) in [5.74, 6) is -0.726. The van der Waals surface area contributed by atoms with Gasteiger partial charge in [-0.1, -0.05) is 50.2 Å². The van der Waals surface area contributed by atoms with Crippen LogP contribution in [0.25, 0.3) is 11.0 Å². The molecule has 3 aromatic rings. The fourth-order valence-corrected chi connectivity index (χ4v) is 3.37. The van der Waals surface area contributed by atoms with Crippen LogP contribution in [-0.4, -0.2) is 24.6 Å². The van der Waals surface area contributed by atoms with E-state index in [0.29, 0.717) is 23.7 Å². The van der Waals surface area contributed by atoms with Crippen LogP contribution in [0.1, 0.15) is 61.7 Å². The van der Waals surface area contributed by atoms with Gasteiger partial charge < -0.3 is 19.2 Å². The first-order chi connectivity index (χ1) is 15.0. The molecule has 0 unspecified atom stereocenters. The third kappa shape index (κ3) is 5.14. The van der Waals surface area contributed by atoms with E-state index in [1.807, 2.05) is 49.4 Å². The average Bonchev–Trinajstić information content (AvgIpc) is 3.16. The highest BCUT2D eigenvalue weighted by atomic mass is 16.6. The summed E-state index contributed by atoms with van der Waals surface area (Å²) in [6, 6.07) is 15.0. The number of carbonyl (C=O) groups is 2. The maximum Gasteiger partial charge on any atom is 0.375 e. The summed E-state index contributed by atoms with van der Waals surface area (Å²) in [4.78, 5) is 25.6. The van der Waals surface area contributed by atoms with Gasteiger partial charge >= 0.3 is 5.97 Å². The maximum atomic E-state index is 12.8. The Morgan fingerprint density at radius 2 is 1.74 bits per heavy atom. The number of nitrogens with one attached hydrogen (secondary N) is 1. The van der Waals surface area contributed by atoms with Gasteiger partial charge in [0.25, 0.3) is 5.91 Å². The fraction of sp³-hybridized carbons (Fsp3) is 0.360. The molecule has 0 aliphatic carbocycles. The highest BCUT2D eigenvalue weighted by Gasteiger charge is 2.26. The number of furan rings is 1. The Kier molecular flexibility index (Phi) is 7.47. The molecule has 164 valence electrons. The molecule has 2 atom stereocenters. The molecule has 1 heterocycles. The quantitative estimate of drug-likeness (QED) is 0.449. The molecule has 31 heavy (non-hydrogen) atoms. The van der Waals surface area contributed by atoms with Crippen LogP contribution in [0.2, 0.25) is 0 Å². The molecule has 0 radical (unpaired) electrons. The van der Waals surface area contributed by atoms with Gasteiger partial charge in [0.2, 0.25) is 5.76 Å². The minimum atomic E-state index is -0.995. The van der Waals surface area contributed by atoms with E-state index in [1.54, 1.807) is 13.0 Å². The van der Waals surface area contributed by atoms with Crippen LogP contribution < -0.4 is 5.32 Å². The first-order valence-electron chi connectivity index (χ1n) is 10.6. The molecule has 0 saturated heterocycles. The molecule has 1 aromatic heterocycles. The van der Waals surface area contributed by atoms with Crippen molar-refractivity contribution in [3.8, 4) is 0 Å². The van der Waals surface area contributed by atoms with Crippen molar-refractivity contribution < 1.29 is 23.5 Å². The summed E-state index contributed by atoms with van der Waals surface area (Å²) >= 11 is 0. The van der Waals surface area contributed by atoms with Crippen molar-refractivity contribution in [1.82, 2.24) is 0 Å². The van der Waals surface area contributed by atoms with Crippen LogP contribution in [0.5, 0.6) is 0 Å². The average molecular weight is 424 g/mol. The number of hydrogen-bond acceptors (Lipinski definition) is 5. The minimum Gasteiger partial charge on any atom is -0.449 e. The summed E-state index contributed by atoms with van der Waals surface area (Å²) in [7, 11) is 0. The number of hydrogen-bond donors (Lipinski definition) is 1. The molecule has 0 spiro atoms. The van der Waals surface area contributed by atoms with E-state index in [0.717, 1.165) is 23.1 Å². The van der Waals surface area contributed by atoms with E-state index >= 15 is 0 Å². The van der Waals surface area contributed by atoms with Crippen molar-refractivity contribution in [1.29, 1.82) is 0 Å². The molecule has 1 amide bonds. The van der Waals surface area contributed by atoms with Crippen LogP contribution in [-0.2, 0) is 20.9 Å². The number of amides is 1. The molecule has 6 heteroatoms. The Balaban J connectivity index is 1.76. The van der Waals surface area contributed by atoms with Crippen LogP contribution in [0, 0.1) is 0 Å². The smallest absolute Gasteiger partial charge is 0.375 e. The van der Waals surface area contributed by atoms with Gasteiger partial charge in [-0.15, -0.1) is 0 Å². The third-order valence-electron chi connectivity index (χ3n) is 5.35. The number of benzene rings is 2. The third-order valence-corrected chi connectivity index (χ3v) is 5.35. The molecule has 2 aromatic carbocycles. The Labute approximate surface area is 182 Å². The van der Waals surface area contributed by atoms with Gasteiger partial charge in [-0.3, -0.25) is 4.79 Å². The largest absolute Gasteiger partial charge is 0.449 e. The number of rotatable bonds is 9. The van der Waals surface area contributed by atoms with Crippen molar-refractivity contribution in [2.24, 2.45) is 0 Å². The van der Waals surface area contributed by atoms with Crippen LogP contribution in [0.3, 0.4) is 0 Å². The number of para-hydroxylation sites is 2. The van der Waals surface area contributed by atoms with Gasteiger partial charge in [-0.25, -0.2) is 4.79 Å². The van der Waals surface area contributed by atoms with Crippen molar-refractivity contribution in [2.45, 2.75) is 52.7 Å². The van der Waals surface area contributed by atoms with E-state index in [9.17, 15) is 9.59 Å². The maximum absolute atomic E-state index is 12.8. The number of anilines is 1. The molecule has 0 aliphatic rings. The van der Waals surface area contributed by atoms with Crippen LogP contribution >= 0.6 is 0 Å². The predicted molar refractivity (Wildman–Crippen MR) is 120 cm³/mol. The van der Waals surface area contributed by atoms with E-state index in [4.69, 9.17) is 13.9 Å². The van der Waals surface area contributed by atoms with E-state index < -0.39 is 18.0 Å². The fourth-order valence-electron chi connectivity index (χ4n) is 3.37. The van der Waals surface area contributed by atoms with E-state index in [1.165, 1.54) is 0 Å². The highest BCUT2D eigenvalue weighted by molar-refractivity contribution is 5.99. The Morgan fingerprint density at radius 1 is 1.03 bits per heavy atom. The molecule has 3 rings (SSSR count). The summed E-state index contributed by atoms with van der Waals surface area (Å²) in [6.07, 6.45) is -0.0443. The Hall–Kier alpha value is -3.12. The lowest BCUT2D eigenvalue weighted by molar-refractivity contribution is -0.123. The van der Waals surface area contributed by atoms with E-state index in [-0.39, 0.29) is 12.4 Å². The topological polar surface area (TPSA) is 77.8 Å². The molecule has 0 fully saturated rings. The molecular weight excluding hydrogens is 394 g/mol. The lowest BCUT2D eigenvalue weighted by atomic mass is 9.97. The highest BCUT2D eigenvalue weighted by Crippen LogP contribution is 2.28. The van der Waals surface area contributed by atoms with Crippen LogP contribution in [0.15, 0.2) is 52.9 Å². The summed E-state index contributed by atoms with van der Waals surface area (Å²) in [5, 5.41) is 3.68. The lowest BCUT2D eigenvalue weighted by Gasteiger charge is -2.18. The number of esters is 1. The summed E-state index contributed by atoms with van der Waals surface area (Å²) in [6.45, 7) is 8.36. The van der Waals surface area contributed by atoms with Crippen molar-refractivity contribution in [2.75, 3.05) is 11.9 Å². The molecule has 1 N–H and O–H groups in total. The number of carbonyl (C=O) groups excluding carboxylic acids is 2. The van der Waals surface area contributed by atoms with Gasteiger partial charge in [0.1, 0.15) is 5.58 Å². The van der Waals surface area contributed by atoms with Crippen molar-refractivity contribution >= 4 is 28.5 Å². The van der Waals surface area contributed by atoms with Crippen LogP contribution in [0.4, 0.5) is 5.69 Å². The standard InChI is InChI=1S/C25H29NO5/c1-5-16(3)18-11-7-9-13-21(18)26-24(27)17(4)30-25(28)23-20(15-29-6-2)19-12-8-10-14-22(19)31-23/h7-14,16-17H,5-6,15H2,1-4H3,(H,26,27)/t16-,17-/m1/s1. The number of ether oxygens (including phenoxy) is 2. The first kappa shape index (κ1) is 22.6. The second kappa shape index (κ2) is 10.3. The molecule has 6 nitrogen and oxygen atoms in total. The van der Waals surface area contributed by atoms with Gasteiger partial charge in [0.15, 0.2) is 6.10 Å². The normalized spacial score (nSPS) is 13.0. The molecule has 0 bridgehead atoms. The second-order valence-corrected chi connectivity index (χ2v) is 7.48. The molecule has 0 aliphatic heterocycles. The molecule has 0 saturated carbocycles. The first-order valence-corrected chi connectivity index (χ1v) is 10.6. The van der Waals surface area contributed by atoms with Gasteiger partial charge in [0, 0.05) is 23.2 Å². The van der Waals surface area contributed by atoms with Gasteiger partial charge in [0.05, 0.1) is 6.61 Å². The zero-order chi connectivity index (χ0) is 22.4. The Bertz CT molecular complexity index is 1060. The summed E-state index contributed by atoms with van der Waals surface area (Å²) < 4.78 is 16.7. The van der Waals surface area contributed by atoms with Gasteiger partial charge in [-0.05, 0) is 43.9 Å². The lowest BCUT2D eigenvalue weighted by Crippen LogP contribution is -2.30. The minimum absolute atomic E-state index is 0.0642. The van der Waals surface area contributed by atoms with Crippen molar-refractivity contribution in [3.63, 3.8) is 0 Å². The Morgan fingerprint density at radius 3 is 2.48 bits per heavy atom. The summed E-state index contributed by atoms with van der Waals surface area (Å²) in [5.41, 5.74) is 2.97. The zero-order valence-corrected chi connectivity index (χ0v) is 18.4. The van der Waals surface area contributed by atoms with Crippen molar-refractivity contribution in [3.05, 3.63) is 65.4 Å². The second-order valence-electron chi connectivity index (χ2n) is 7.48. The predicted octanol–water partition coefficient (Wildman–Crippen LogP) is 5.67. The van der Waals surface area contributed by atoms with E-state index in [2.05, 4.69) is 19.2 Å². The molecular formula is C25H29NO5. The number of fused-ring (bicyclic) bond motifs is 1. The monoisotopic (exact) mass is 423 g/mol. The van der Waals surface area contributed by atoms with Gasteiger partial charge in [-0.2, -0.15) is 0 Å². The zero-order valence-electron chi connectivity index (χ0n) is 18.4. The SMILES string of the molecule is CCOCc1c(C(=O)O[C@H](C)C(=O)Nc2ccccc2[C@H](C)CC)oc2ccccc12.